The summed E-state index contributed by atoms with van der Waals surface area (Å²) in [4.78, 5) is 3.88. The summed E-state index contributed by atoms with van der Waals surface area (Å²) < 4.78 is 13.5. The van der Waals surface area contributed by atoms with Crippen molar-refractivity contribution in [2.24, 2.45) is 0 Å². The standard InChI is InChI=1S/C15H10ClFN2/c1-10-2-3-12(8-14(10)17)15(16)13(9-18)11-4-6-19-7-5-11/h2-8H,1H3/b15-13+. The molecule has 0 aliphatic carbocycles. The lowest BCUT2D eigenvalue weighted by Gasteiger charge is -2.05. The minimum Gasteiger partial charge on any atom is -0.265 e. The molecule has 1 aromatic heterocycles. The lowest BCUT2D eigenvalue weighted by atomic mass is 10.0. The van der Waals surface area contributed by atoms with Crippen molar-refractivity contribution in [3.8, 4) is 6.07 Å². The van der Waals surface area contributed by atoms with Crippen LogP contribution in [0.4, 0.5) is 4.39 Å². The maximum atomic E-state index is 13.5. The summed E-state index contributed by atoms with van der Waals surface area (Å²) in [5.74, 6) is -0.345. The number of hydrogen-bond donors (Lipinski definition) is 0. The molecular formula is C15H10ClFN2. The molecule has 0 saturated heterocycles. The van der Waals surface area contributed by atoms with Gasteiger partial charge in [-0.05, 0) is 41.8 Å². The van der Waals surface area contributed by atoms with E-state index in [1.807, 2.05) is 6.07 Å². The van der Waals surface area contributed by atoms with Crippen molar-refractivity contribution in [3.63, 3.8) is 0 Å². The molecule has 0 atom stereocenters. The van der Waals surface area contributed by atoms with Crippen molar-refractivity contribution in [2.45, 2.75) is 6.92 Å². The third-order valence-corrected chi connectivity index (χ3v) is 3.13. The van der Waals surface area contributed by atoms with Crippen molar-refractivity contribution in [1.82, 2.24) is 4.98 Å². The van der Waals surface area contributed by atoms with Crippen LogP contribution in [0.1, 0.15) is 16.7 Å². The smallest absolute Gasteiger partial charge is 0.126 e. The first-order valence-electron chi connectivity index (χ1n) is 5.60. The third kappa shape index (κ3) is 2.81. The Morgan fingerprint density at radius 1 is 1.21 bits per heavy atom. The molecule has 0 unspecified atom stereocenters. The zero-order valence-electron chi connectivity index (χ0n) is 10.2. The zero-order chi connectivity index (χ0) is 13.8. The van der Waals surface area contributed by atoms with Gasteiger partial charge in [-0.1, -0.05) is 23.7 Å². The van der Waals surface area contributed by atoms with Gasteiger partial charge >= 0.3 is 0 Å². The Labute approximate surface area is 115 Å². The molecule has 2 nitrogen and oxygen atoms in total. The van der Waals surface area contributed by atoms with E-state index in [1.165, 1.54) is 6.07 Å². The molecule has 2 aromatic rings. The summed E-state index contributed by atoms with van der Waals surface area (Å²) in [6, 6.07) is 10.1. The molecule has 0 spiro atoms. The molecule has 0 bridgehead atoms. The van der Waals surface area contributed by atoms with Crippen LogP contribution in [0.5, 0.6) is 0 Å². The number of benzene rings is 1. The lowest BCUT2D eigenvalue weighted by molar-refractivity contribution is 0.618. The molecule has 1 heterocycles. The minimum absolute atomic E-state index is 0.229. The van der Waals surface area contributed by atoms with Gasteiger partial charge < -0.3 is 0 Å². The predicted molar refractivity (Wildman–Crippen MR) is 73.7 cm³/mol. The molecule has 0 N–H and O–H groups in total. The van der Waals surface area contributed by atoms with Gasteiger partial charge in [-0.15, -0.1) is 0 Å². The molecule has 0 radical (unpaired) electrons. The molecule has 94 valence electrons. The summed E-state index contributed by atoms with van der Waals surface area (Å²) in [5.41, 5.74) is 1.98. The van der Waals surface area contributed by atoms with Crippen LogP contribution < -0.4 is 0 Å². The van der Waals surface area contributed by atoms with Crippen LogP contribution in [0, 0.1) is 24.1 Å². The highest BCUT2D eigenvalue weighted by Gasteiger charge is 2.10. The maximum Gasteiger partial charge on any atom is 0.126 e. The molecule has 19 heavy (non-hydrogen) atoms. The Bertz CT molecular complexity index is 672. The normalized spacial score (nSPS) is 11.7. The van der Waals surface area contributed by atoms with Gasteiger partial charge in [0.2, 0.25) is 0 Å². The second-order valence-electron chi connectivity index (χ2n) is 4.00. The zero-order valence-corrected chi connectivity index (χ0v) is 10.9. The van der Waals surface area contributed by atoms with Crippen LogP contribution in [-0.2, 0) is 0 Å². The van der Waals surface area contributed by atoms with E-state index < -0.39 is 0 Å². The lowest BCUT2D eigenvalue weighted by Crippen LogP contribution is -1.89. The maximum absolute atomic E-state index is 13.5. The van der Waals surface area contributed by atoms with Gasteiger partial charge in [-0.2, -0.15) is 5.26 Å². The number of nitrogens with zero attached hydrogens (tertiary/aromatic N) is 2. The first kappa shape index (κ1) is 13.3. The Hall–Kier alpha value is -2.18. The van der Waals surface area contributed by atoms with Gasteiger partial charge in [0.15, 0.2) is 0 Å². The van der Waals surface area contributed by atoms with Crippen molar-refractivity contribution in [3.05, 3.63) is 65.2 Å². The van der Waals surface area contributed by atoms with E-state index in [9.17, 15) is 9.65 Å². The molecule has 1 aromatic carbocycles. The first-order valence-corrected chi connectivity index (χ1v) is 5.98. The molecule has 0 aliphatic heterocycles. The average Bonchev–Trinajstić information content (AvgIpc) is 2.44. The van der Waals surface area contributed by atoms with Crippen LogP contribution in [0.3, 0.4) is 0 Å². The molecule has 2 rings (SSSR count). The predicted octanol–water partition coefficient (Wildman–Crippen LogP) is 4.16. The quantitative estimate of drug-likeness (QED) is 0.770. The number of aryl methyl sites for hydroxylation is 1. The Kier molecular flexibility index (Phi) is 3.94. The molecule has 0 amide bonds. The second kappa shape index (κ2) is 5.64. The van der Waals surface area contributed by atoms with Gasteiger partial charge in [0.1, 0.15) is 11.9 Å². The summed E-state index contributed by atoms with van der Waals surface area (Å²) in [6.45, 7) is 1.67. The molecule has 0 fully saturated rings. The van der Waals surface area contributed by atoms with E-state index in [0.29, 0.717) is 22.3 Å². The van der Waals surface area contributed by atoms with E-state index in [2.05, 4.69) is 4.98 Å². The molecule has 0 aliphatic rings. The first-order chi connectivity index (χ1) is 9.13. The van der Waals surface area contributed by atoms with E-state index in [1.54, 1.807) is 43.6 Å². The van der Waals surface area contributed by atoms with Crippen LogP contribution in [0.15, 0.2) is 42.7 Å². The van der Waals surface area contributed by atoms with Gasteiger partial charge in [0.05, 0.1) is 10.6 Å². The molecule has 0 saturated carbocycles. The van der Waals surface area contributed by atoms with Gasteiger partial charge in [0, 0.05) is 12.4 Å². The second-order valence-corrected chi connectivity index (χ2v) is 4.38. The van der Waals surface area contributed by atoms with E-state index >= 15 is 0 Å². The third-order valence-electron chi connectivity index (χ3n) is 2.73. The number of halogens is 2. The van der Waals surface area contributed by atoms with E-state index in [-0.39, 0.29) is 10.8 Å². The number of pyridine rings is 1. The number of nitriles is 1. The highest BCUT2D eigenvalue weighted by Crippen LogP contribution is 2.29. The molecular weight excluding hydrogens is 263 g/mol. The van der Waals surface area contributed by atoms with Gasteiger partial charge in [-0.25, -0.2) is 4.39 Å². The average molecular weight is 273 g/mol. The van der Waals surface area contributed by atoms with Crippen LogP contribution in [0.2, 0.25) is 0 Å². The van der Waals surface area contributed by atoms with Crippen molar-refractivity contribution in [2.75, 3.05) is 0 Å². The highest BCUT2D eigenvalue weighted by molar-refractivity contribution is 6.53. The fraction of sp³-hybridized carbons (Fsp3) is 0.0667. The minimum atomic E-state index is -0.345. The van der Waals surface area contributed by atoms with Crippen LogP contribution in [-0.4, -0.2) is 4.98 Å². The Balaban J connectivity index is 2.56. The van der Waals surface area contributed by atoms with Gasteiger partial charge in [-0.3, -0.25) is 4.98 Å². The van der Waals surface area contributed by atoms with E-state index in [0.717, 1.165) is 0 Å². The SMILES string of the molecule is Cc1ccc(/C(Cl)=C(/C#N)c2ccncc2)cc1F. The highest BCUT2D eigenvalue weighted by atomic mass is 35.5. The van der Waals surface area contributed by atoms with Crippen LogP contribution >= 0.6 is 11.6 Å². The number of hydrogen-bond acceptors (Lipinski definition) is 2. The summed E-state index contributed by atoms with van der Waals surface area (Å²) in [6.07, 6.45) is 3.15. The number of rotatable bonds is 2. The van der Waals surface area contributed by atoms with Crippen LogP contribution in [0.25, 0.3) is 10.6 Å². The summed E-state index contributed by atoms with van der Waals surface area (Å²) in [7, 11) is 0. The number of allylic oxidation sites excluding steroid dienone is 1. The Morgan fingerprint density at radius 3 is 2.47 bits per heavy atom. The van der Waals surface area contributed by atoms with E-state index in [4.69, 9.17) is 11.6 Å². The van der Waals surface area contributed by atoms with Crippen molar-refractivity contribution < 1.29 is 4.39 Å². The fourth-order valence-electron chi connectivity index (χ4n) is 1.63. The topological polar surface area (TPSA) is 36.7 Å². The van der Waals surface area contributed by atoms with Crippen molar-refractivity contribution >= 4 is 22.2 Å². The van der Waals surface area contributed by atoms with Gasteiger partial charge in [0.25, 0.3) is 0 Å². The van der Waals surface area contributed by atoms with Crippen molar-refractivity contribution in [1.29, 1.82) is 5.26 Å². The molecule has 4 heteroatoms. The summed E-state index contributed by atoms with van der Waals surface area (Å²) >= 11 is 6.20. The summed E-state index contributed by atoms with van der Waals surface area (Å²) in [5, 5.41) is 9.46. The fourth-order valence-corrected chi connectivity index (χ4v) is 1.90. The monoisotopic (exact) mass is 272 g/mol. The largest absolute Gasteiger partial charge is 0.265 e. The Morgan fingerprint density at radius 2 is 1.89 bits per heavy atom. The number of aromatic nitrogens is 1.